The van der Waals surface area contributed by atoms with Crippen LogP contribution >= 0.6 is 0 Å². The highest BCUT2D eigenvalue weighted by Gasteiger charge is 2.62. The van der Waals surface area contributed by atoms with Crippen LogP contribution in [-0.2, 0) is 4.74 Å². The Hall–Kier alpha value is -0.550. The van der Waals surface area contributed by atoms with Crippen molar-refractivity contribution >= 4 is 0 Å². The fraction of sp³-hybridized carbons (Fsp3) is 0.923. The zero-order valence-electron chi connectivity index (χ0n) is 9.30. The molecule has 0 aromatic carbocycles. The average Bonchev–Trinajstić information content (AvgIpc) is 2.60. The second-order valence-electron chi connectivity index (χ2n) is 5.68. The Bertz CT molecular complexity index is 290. The van der Waals surface area contributed by atoms with Crippen LogP contribution in [0.25, 0.3) is 0 Å². The summed E-state index contributed by atoms with van der Waals surface area (Å²) < 4.78 is 5.48. The van der Waals surface area contributed by atoms with Gasteiger partial charge in [0.2, 0.25) is 0 Å². The smallest absolute Gasteiger partial charge is 0.0697 e. The molecule has 0 aromatic heterocycles. The van der Waals surface area contributed by atoms with Gasteiger partial charge in [0, 0.05) is 5.41 Å². The molecule has 2 nitrogen and oxygen atoms in total. The van der Waals surface area contributed by atoms with Crippen LogP contribution in [0.15, 0.2) is 0 Å². The van der Waals surface area contributed by atoms with Gasteiger partial charge in [0.05, 0.1) is 24.7 Å². The summed E-state index contributed by atoms with van der Waals surface area (Å²) in [6.45, 7) is 1.73. The number of hydrogen-bond acceptors (Lipinski definition) is 2. The Kier molecular flexibility index (Phi) is 2.07. The first-order valence-corrected chi connectivity index (χ1v) is 6.32. The van der Waals surface area contributed by atoms with Crippen LogP contribution in [-0.4, -0.2) is 13.2 Å². The van der Waals surface area contributed by atoms with Gasteiger partial charge in [-0.2, -0.15) is 5.26 Å². The summed E-state index contributed by atoms with van der Waals surface area (Å²) in [6, 6.07) is 2.65. The Morgan fingerprint density at radius 2 is 1.73 bits per heavy atom. The molecule has 0 spiro atoms. The Morgan fingerprint density at radius 3 is 2.07 bits per heavy atom. The fourth-order valence-electron chi connectivity index (χ4n) is 3.95. The van der Waals surface area contributed by atoms with Crippen LogP contribution in [0.4, 0.5) is 0 Å². The number of nitriles is 1. The van der Waals surface area contributed by atoms with Crippen molar-refractivity contribution < 1.29 is 4.74 Å². The molecule has 0 atom stereocenters. The lowest BCUT2D eigenvalue weighted by molar-refractivity contribution is -0.218. The van der Waals surface area contributed by atoms with Crippen LogP contribution in [0.2, 0.25) is 0 Å². The van der Waals surface area contributed by atoms with Crippen molar-refractivity contribution in [2.24, 2.45) is 16.7 Å². The molecule has 2 heteroatoms. The van der Waals surface area contributed by atoms with Crippen LogP contribution in [0.3, 0.4) is 0 Å². The van der Waals surface area contributed by atoms with Gasteiger partial charge in [-0.05, 0) is 31.6 Å². The normalized spacial score (nSPS) is 32.7. The molecule has 3 fully saturated rings. The largest absolute Gasteiger partial charge is 0.380 e. The van der Waals surface area contributed by atoms with Gasteiger partial charge >= 0.3 is 0 Å². The van der Waals surface area contributed by atoms with E-state index < -0.39 is 0 Å². The molecule has 3 aliphatic rings. The highest BCUT2D eigenvalue weighted by molar-refractivity contribution is 5.19. The van der Waals surface area contributed by atoms with Gasteiger partial charge < -0.3 is 4.74 Å². The van der Waals surface area contributed by atoms with Crippen molar-refractivity contribution in [2.45, 2.75) is 44.9 Å². The minimum atomic E-state index is 0.000255. The van der Waals surface area contributed by atoms with Crippen molar-refractivity contribution in [3.05, 3.63) is 0 Å². The lowest BCUT2D eigenvalue weighted by Crippen LogP contribution is -2.61. The lowest BCUT2D eigenvalue weighted by atomic mass is 9.48. The van der Waals surface area contributed by atoms with Crippen molar-refractivity contribution in [3.8, 4) is 6.07 Å². The summed E-state index contributed by atoms with van der Waals surface area (Å²) in [4.78, 5) is 0. The molecule has 1 saturated heterocycles. The average molecular weight is 205 g/mol. The van der Waals surface area contributed by atoms with E-state index in [2.05, 4.69) is 6.07 Å². The van der Waals surface area contributed by atoms with Crippen molar-refractivity contribution in [2.75, 3.05) is 13.2 Å². The van der Waals surface area contributed by atoms with E-state index in [-0.39, 0.29) is 10.8 Å². The van der Waals surface area contributed by atoms with Crippen molar-refractivity contribution in [1.29, 1.82) is 5.26 Å². The number of ether oxygens (including phenoxy) is 1. The molecule has 3 rings (SSSR count). The topological polar surface area (TPSA) is 33.0 Å². The van der Waals surface area contributed by atoms with E-state index in [0.717, 1.165) is 32.0 Å². The molecule has 0 radical (unpaired) electrons. The fourth-order valence-corrected chi connectivity index (χ4v) is 3.95. The van der Waals surface area contributed by atoms with Gasteiger partial charge in [-0.25, -0.2) is 0 Å². The summed E-state index contributed by atoms with van der Waals surface area (Å²) in [5, 5.41) is 9.49. The predicted molar refractivity (Wildman–Crippen MR) is 57.1 cm³/mol. The molecular formula is C13H19NO. The van der Waals surface area contributed by atoms with E-state index in [0.29, 0.717) is 0 Å². The first-order valence-electron chi connectivity index (χ1n) is 6.32. The zero-order chi connectivity index (χ0) is 10.4. The Labute approximate surface area is 91.6 Å². The summed E-state index contributed by atoms with van der Waals surface area (Å²) in [6.07, 6.45) is 8.93. The summed E-state index contributed by atoms with van der Waals surface area (Å²) >= 11 is 0. The zero-order valence-corrected chi connectivity index (χ0v) is 9.30. The SMILES string of the molecule is N#CC1(C2(C3CCCC3)COC2)CCC1. The molecule has 0 N–H and O–H groups in total. The van der Waals surface area contributed by atoms with Gasteiger partial charge in [0.25, 0.3) is 0 Å². The minimum absolute atomic E-state index is 0.000255. The van der Waals surface area contributed by atoms with Gasteiger partial charge in [0.15, 0.2) is 0 Å². The molecule has 1 heterocycles. The number of hydrogen-bond donors (Lipinski definition) is 0. The highest BCUT2D eigenvalue weighted by Crippen LogP contribution is 2.63. The summed E-state index contributed by atoms with van der Waals surface area (Å²) in [5.41, 5.74) is 0.261. The molecule has 1 aliphatic heterocycles. The monoisotopic (exact) mass is 205 g/mol. The van der Waals surface area contributed by atoms with E-state index in [9.17, 15) is 5.26 Å². The Morgan fingerprint density at radius 1 is 1.07 bits per heavy atom. The first-order chi connectivity index (χ1) is 7.33. The standard InChI is InChI=1S/C13H19NO/c14-8-12(6-3-7-12)13(9-15-10-13)11-4-1-2-5-11/h11H,1-7,9-10H2. The molecule has 0 aromatic rings. The van der Waals surface area contributed by atoms with Crippen LogP contribution in [0, 0.1) is 28.1 Å². The highest BCUT2D eigenvalue weighted by atomic mass is 16.5. The van der Waals surface area contributed by atoms with Gasteiger partial charge in [-0.3, -0.25) is 0 Å². The van der Waals surface area contributed by atoms with Crippen molar-refractivity contribution in [3.63, 3.8) is 0 Å². The molecule has 0 amide bonds. The van der Waals surface area contributed by atoms with Crippen LogP contribution in [0.5, 0.6) is 0 Å². The molecule has 0 bridgehead atoms. The third-order valence-electron chi connectivity index (χ3n) is 5.23. The maximum absolute atomic E-state index is 9.49. The second-order valence-corrected chi connectivity index (χ2v) is 5.68. The van der Waals surface area contributed by atoms with Crippen LogP contribution in [0.1, 0.15) is 44.9 Å². The second kappa shape index (κ2) is 3.22. The van der Waals surface area contributed by atoms with Crippen molar-refractivity contribution in [1.82, 2.24) is 0 Å². The van der Waals surface area contributed by atoms with Gasteiger partial charge in [-0.1, -0.05) is 19.3 Å². The van der Waals surface area contributed by atoms with E-state index in [1.165, 1.54) is 32.1 Å². The van der Waals surface area contributed by atoms with Gasteiger partial charge in [0.1, 0.15) is 0 Å². The minimum Gasteiger partial charge on any atom is -0.380 e. The molecule has 82 valence electrons. The molecule has 2 saturated carbocycles. The van der Waals surface area contributed by atoms with E-state index in [1.807, 2.05) is 0 Å². The quantitative estimate of drug-likeness (QED) is 0.694. The first kappa shape index (κ1) is 9.66. The van der Waals surface area contributed by atoms with E-state index in [4.69, 9.17) is 4.74 Å². The maximum Gasteiger partial charge on any atom is 0.0697 e. The third-order valence-corrected chi connectivity index (χ3v) is 5.23. The maximum atomic E-state index is 9.49. The molecular weight excluding hydrogens is 186 g/mol. The lowest BCUT2D eigenvalue weighted by Gasteiger charge is -2.59. The number of rotatable bonds is 2. The summed E-state index contributed by atoms with van der Waals surface area (Å²) in [5.74, 6) is 0.784. The van der Waals surface area contributed by atoms with Gasteiger partial charge in [-0.15, -0.1) is 0 Å². The molecule has 2 aliphatic carbocycles. The molecule has 15 heavy (non-hydrogen) atoms. The molecule has 0 unspecified atom stereocenters. The summed E-state index contributed by atoms with van der Waals surface area (Å²) in [7, 11) is 0. The Balaban J connectivity index is 1.88. The predicted octanol–water partition coefficient (Wildman–Crippen LogP) is 2.89. The van der Waals surface area contributed by atoms with E-state index >= 15 is 0 Å². The third kappa shape index (κ3) is 1.08. The van der Waals surface area contributed by atoms with E-state index in [1.54, 1.807) is 0 Å². The number of nitrogens with zero attached hydrogens (tertiary/aromatic N) is 1. The van der Waals surface area contributed by atoms with Crippen LogP contribution < -0.4 is 0 Å².